The number of hydrogen-bond donors (Lipinski definition) is 2. The number of rotatable bonds is 3. The van der Waals surface area contributed by atoms with Gasteiger partial charge in [0.2, 0.25) is 0 Å². The van der Waals surface area contributed by atoms with Gasteiger partial charge in [-0.15, -0.1) is 0 Å². The van der Waals surface area contributed by atoms with Gasteiger partial charge in [-0.3, -0.25) is 4.68 Å². The Kier molecular flexibility index (Phi) is 2.33. The van der Waals surface area contributed by atoms with Crippen LogP contribution in [0.2, 0.25) is 0 Å². The second kappa shape index (κ2) is 3.47. The molecule has 1 heterocycles. The molecule has 1 aromatic rings. The molecule has 0 unspecified atom stereocenters. The highest BCUT2D eigenvalue weighted by atomic mass is 16.3. The van der Waals surface area contributed by atoms with Crippen molar-refractivity contribution in [2.45, 2.75) is 31.4 Å². The van der Waals surface area contributed by atoms with Gasteiger partial charge in [0.25, 0.3) is 0 Å². The van der Waals surface area contributed by atoms with Crippen molar-refractivity contribution in [3.05, 3.63) is 18.0 Å². The van der Waals surface area contributed by atoms with Crippen molar-refractivity contribution in [2.24, 2.45) is 5.73 Å². The first-order valence-electron chi connectivity index (χ1n) is 4.73. The molecule has 1 aliphatic carbocycles. The molecule has 3 N–H and O–H groups in total. The van der Waals surface area contributed by atoms with Gasteiger partial charge >= 0.3 is 0 Å². The second-order valence-corrected chi connectivity index (χ2v) is 3.59. The van der Waals surface area contributed by atoms with Crippen LogP contribution in [0.4, 0.5) is 0 Å². The Morgan fingerprint density at radius 1 is 1.69 bits per heavy atom. The van der Waals surface area contributed by atoms with Crippen molar-refractivity contribution in [1.29, 1.82) is 0 Å². The fourth-order valence-corrected chi connectivity index (χ4v) is 1.51. The largest absolute Gasteiger partial charge is 0.387 e. The minimum atomic E-state index is -0.561. The summed E-state index contributed by atoms with van der Waals surface area (Å²) in [6.45, 7) is 0.260. The summed E-state index contributed by atoms with van der Waals surface area (Å²) in [5, 5.41) is 13.6. The van der Waals surface area contributed by atoms with Gasteiger partial charge in [0.15, 0.2) is 0 Å². The predicted molar refractivity (Wildman–Crippen MR) is 49.1 cm³/mol. The molecule has 0 bridgehead atoms. The van der Waals surface area contributed by atoms with Gasteiger partial charge < -0.3 is 10.8 Å². The lowest BCUT2D eigenvalue weighted by Gasteiger charge is -2.25. The molecule has 4 nitrogen and oxygen atoms in total. The highest BCUT2D eigenvalue weighted by Crippen LogP contribution is 2.31. The van der Waals surface area contributed by atoms with E-state index in [-0.39, 0.29) is 6.54 Å². The molecule has 1 aromatic heterocycles. The van der Waals surface area contributed by atoms with Gasteiger partial charge in [0, 0.05) is 18.3 Å². The van der Waals surface area contributed by atoms with E-state index < -0.39 is 6.10 Å². The molecule has 0 amide bonds. The van der Waals surface area contributed by atoms with E-state index in [4.69, 9.17) is 5.73 Å². The SMILES string of the molecule is NC[C@@H](O)c1cnn(C2CCC2)c1. The van der Waals surface area contributed by atoms with Crippen LogP contribution in [0.5, 0.6) is 0 Å². The van der Waals surface area contributed by atoms with E-state index in [0.29, 0.717) is 6.04 Å². The summed E-state index contributed by atoms with van der Waals surface area (Å²) < 4.78 is 1.94. The highest BCUT2D eigenvalue weighted by molar-refractivity contribution is 5.09. The van der Waals surface area contributed by atoms with Crippen LogP contribution >= 0.6 is 0 Å². The lowest BCUT2D eigenvalue weighted by atomic mass is 9.93. The maximum atomic E-state index is 9.44. The summed E-state index contributed by atoms with van der Waals surface area (Å²) in [6, 6.07) is 0.554. The van der Waals surface area contributed by atoms with Crippen molar-refractivity contribution >= 4 is 0 Å². The normalized spacial score (nSPS) is 19.8. The maximum absolute atomic E-state index is 9.44. The van der Waals surface area contributed by atoms with Crippen molar-refractivity contribution in [2.75, 3.05) is 6.54 Å². The van der Waals surface area contributed by atoms with Crippen molar-refractivity contribution in [3.8, 4) is 0 Å². The number of hydrogen-bond acceptors (Lipinski definition) is 3. The zero-order valence-electron chi connectivity index (χ0n) is 7.56. The van der Waals surface area contributed by atoms with E-state index in [1.165, 1.54) is 19.3 Å². The molecule has 2 rings (SSSR count). The van der Waals surface area contributed by atoms with Gasteiger partial charge in [0.05, 0.1) is 18.3 Å². The molecule has 0 aliphatic heterocycles. The van der Waals surface area contributed by atoms with E-state index in [1.54, 1.807) is 6.20 Å². The average Bonchev–Trinajstić information content (AvgIpc) is 2.49. The monoisotopic (exact) mass is 181 g/mol. The van der Waals surface area contributed by atoms with Gasteiger partial charge in [-0.05, 0) is 19.3 Å². The minimum absolute atomic E-state index is 0.260. The van der Waals surface area contributed by atoms with E-state index in [2.05, 4.69) is 5.10 Å². The third kappa shape index (κ3) is 1.59. The molecule has 0 spiro atoms. The topological polar surface area (TPSA) is 64.1 Å². The minimum Gasteiger partial charge on any atom is -0.387 e. The molecule has 4 heteroatoms. The molecule has 1 aliphatic rings. The summed E-state index contributed by atoms with van der Waals surface area (Å²) in [5.74, 6) is 0. The zero-order chi connectivity index (χ0) is 9.26. The number of nitrogens with zero attached hydrogens (tertiary/aromatic N) is 2. The molecule has 0 aromatic carbocycles. The zero-order valence-corrected chi connectivity index (χ0v) is 7.56. The summed E-state index contributed by atoms with van der Waals surface area (Å²) in [4.78, 5) is 0. The summed E-state index contributed by atoms with van der Waals surface area (Å²) in [7, 11) is 0. The number of aliphatic hydroxyl groups excluding tert-OH is 1. The summed E-state index contributed by atoms with van der Waals surface area (Å²) in [5.41, 5.74) is 6.18. The molecule has 1 saturated carbocycles. The Hall–Kier alpha value is -0.870. The number of aliphatic hydroxyl groups is 1. The van der Waals surface area contributed by atoms with E-state index >= 15 is 0 Å². The molecule has 13 heavy (non-hydrogen) atoms. The predicted octanol–water partition coefficient (Wildman–Crippen LogP) is 0.600. The Labute approximate surface area is 77.4 Å². The van der Waals surface area contributed by atoms with E-state index in [9.17, 15) is 5.11 Å². The Morgan fingerprint density at radius 3 is 3.00 bits per heavy atom. The Bertz CT molecular complexity index is 261. The van der Waals surface area contributed by atoms with Crippen LogP contribution in [0.25, 0.3) is 0 Å². The van der Waals surface area contributed by atoms with Crippen molar-refractivity contribution in [3.63, 3.8) is 0 Å². The number of aromatic nitrogens is 2. The van der Waals surface area contributed by atoms with Gasteiger partial charge in [-0.2, -0.15) is 5.10 Å². The van der Waals surface area contributed by atoms with Crippen LogP contribution in [-0.4, -0.2) is 21.4 Å². The molecular weight excluding hydrogens is 166 g/mol. The highest BCUT2D eigenvalue weighted by Gasteiger charge is 2.20. The third-order valence-electron chi connectivity index (χ3n) is 2.68. The van der Waals surface area contributed by atoms with Crippen molar-refractivity contribution < 1.29 is 5.11 Å². The summed E-state index contributed by atoms with van der Waals surface area (Å²) >= 11 is 0. The lowest BCUT2D eigenvalue weighted by Crippen LogP contribution is -2.17. The Balaban J connectivity index is 2.08. The van der Waals surface area contributed by atoms with E-state index in [0.717, 1.165) is 5.56 Å². The maximum Gasteiger partial charge on any atom is 0.0942 e. The van der Waals surface area contributed by atoms with Crippen molar-refractivity contribution in [1.82, 2.24) is 9.78 Å². The molecule has 72 valence electrons. The van der Waals surface area contributed by atoms with Crippen LogP contribution in [0, 0.1) is 0 Å². The van der Waals surface area contributed by atoms with E-state index in [1.807, 2.05) is 10.9 Å². The van der Waals surface area contributed by atoms with Crippen LogP contribution in [-0.2, 0) is 0 Å². The first-order chi connectivity index (χ1) is 6.31. The molecular formula is C9H15N3O. The second-order valence-electron chi connectivity index (χ2n) is 3.59. The van der Waals surface area contributed by atoms with Crippen LogP contribution in [0.15, 0.2) is 12.4 Å². The fraction of sp³-hybridized carbons (Fsp3) is 0.667. The van der Waals surface area contributed by atoms with Gasteiger partial charge in [-0.25, -0.2) is 0 Å². The lowest BCUT2D eigenvalue weighted by molar-refractivity contribution is 0.186. The first-order valence-corrected chi connectivity index (χ1v) is 4.73. The molecule has 0 saturated heterocycles. The quantitative estimate of drug-likeness (QED) is 0.717. The summed E-state index contributed by atoms with van der Waals surface area (Å²) in [6.07, 6.45) is 6.75. The van der Waals surface area contributed by atoms with Crippen LogP contribution < -0.4 is 5.73 Å². The van der Waals surface area contributed by atoms with Crippen LogP contribution in [0.3, 0.4) is 0 Å². The molecule has 0 radical (unpaired) electrons. The Morgan fingerprint density at radius 2 is 2.46 bits per heavy atom. The third-order valence-corrected chi connectivity index (χ3v) is 2.68. The average molecular weight is 181 g/mol. The molecule has 1 atom stereocenters. The molecule has 1 fully saturated rings. The van der Waals surface area contributed by atoms with Gasteiger partial charge in [-0.1, -0.05) is 0 Å². The first kappa shape index (κ1) is 8.72. The standard InChI is InChI=1S/C9H15N3O/c10-4-9(13)7-5-11-12(6-7)8-2-1-3-8/h5-6,8-9,13H,1-4,10H2/t9-/m1/s1. The fourth-order valence-electron chi connectivity index (χ4n) is 1.51. The number of nitrogens with two attached hydrogens (primary N) is 1. The van der Waals surface area contributed by atoms with Crippen LogP contribution in [0.1, 0.15) is 37.0 Å². The van der Waals surface area contributed by atoms with Gasteiger partial charge in [0.1, 0.15) is 0 Å². The smallest absolute Gasteiger partial charge is 0.0942 e.